The maximum atomic E-state index is 9.00. The second-order valence-electron chi connectivity index (χ2n) is 2.65. The summed E-state index contributed by atoms with van der Waals surface area (Å²) in [4.78, 5) is 36.0. The molecule has 12 nitrogen and oxygen atoms in total. The predicted molar refractivity (Wildman–Crippen MR) is 81.9 cm³/mol. The molecule has 0 bridgehead atoms. The van der Waals surface area contributed by atoms with Gasteiger partial charge in [-0.05, 0) is 0 Å². The fraction of sp³-hybridized carbons (Fsp3) is 0.600. The van der Waals surface area contributed by atoms with Crippen molar-refractivity contribution in [3.8, 4) is 0 Å². The third kappa shape index (κ3) is 4310. The van der Waals surface area contributed by atoms with Crippen molar-refractivity contribution in [2.45, 2.75) is 27.7 Å². The number of aliphatic carboxylic acids is 4. The molecule has 0 aromatic heterocycles. The Labute approximate surface area is 217 Å². The van der Waals surface area contributed by atoms with E-state index in [9.17, 15) is 0 Å². The van der Waals surface area contributed by atoms with E-state index in [0.29, 0.717) is 13.1 Å². The summed E-state index contributed by atoms with van der Waals surface area (Å²) >= 11 is 0. The third-order valence-electron chi connectivity index (χ3n) is 0.167. The minimum absolute atomic E-state index is 0. The predicted octanol–water partition coefficient (Wildman–Crippen LogP) is -11.0. The molecular weight excluding hydrogens is 377 g/mol. The van der Waals surface area contributed by atoms with Gasteiger partial charge in [-0.2, -0.15) is 0 Å². The van der Waals surface area contributed by atoms with Gasteiger partial charge in [0.1, 0.15) is 0 Å². The summed E-state index contributed by atoms with van der Waals surface area (Å²) in [7, 11) is 0. The number of carboxylic acids is 4. The van der Waals surface area contributed by atoms with E-state index >= 15 is 0 Å². The van der Waals surface area contributed by atoms with Crippen LogP contribution in [0.4, 0.5) is 0 Å². The number of hydrogen-bond acceptors (Lipinski definition) is 6. The van der Waals surface area contributed by atoms with Crippen LogP contribution in [0.2, 0.25) is 0 Å². The monoisotopic (exact) mass is 408 g/mol. The van der Waals surface area contributed by atoms with Crippen LogP contribution in [-0.4, -0.2) is 68.3 Å². The zero-order chi connectivity index (χ0) is 17.7. The van der Waals surface area contributed by atoms with Gasteiger partial charge in [0.2, 0.25) is 0 Å². The molecule has 0 saturated heterocycles. The van der Waals surface area contributed by atoms with Crippen LogP contribution in [0.1, 0.15) is 32.0 Å². The van der Waals surface area contributed by atoms with Crippen LogP contribution in [0.3, 0.4) is 0 Å². The Balaban J connectivity index is -0.00000000852. The molecule has 0 aromatic carbocycles. The molecule has 0 aromatic rings. The van der Waals surface area contributed by atoms with Crippen molar-refractivity contribution in [2.75, 3.05) is 13.1 Å². The molecule has 0 amide bonds. The molecule has 0 saturated carbocycles. The van der Waals surface area contributed by atoms with Gasteiger partial charge in [0.25, 0.3) is 23.9 Å². The maximum Gasteiger partial charge on any atom is 1.00 e. The molecule has 0 heterocycles. The third-order valence-corrected chi connectivity index (χ3v) is 0.167. The number of rotatable bonds is 1. The molecule has 0 spiro atoms. The molecule has 0 aliphatic carbocycles. The Morgan fingerprint density at radius 2 is 0.640 bits per heavy atom. The van der Waals surface area contributed by atoms with E-state index in [-0.39, 0.29) is 104 Å². The summed E-state index contributed by atoms with van der Waals surface area (Å²) in [5, 5.41) is 29.7. The molecule has 0 fully saturated rings. The average molecular weight is 408 g/mol. The van der Waals surface area contributed by atoms with E-state index in [1.165, 1.54) is 0 Å². The number of carboxylic acid groups (broad SMARTS) is 4. The molecule has 15 heteroatoms. The largest absolute Gasteiger partial charge is 1.00 e. The van der Waals surface area contributed by atoms with Gasteiger partial charge in [-0.1, -0.05) is 0 Å². The first-order valence-electron chi connectivity index (χ1n) is 5.03. The Kier molecular flexibility index (Phi) is 163. The van der Waals surface area contributed by atoms with Crippen LogP contribution in [0, 0.1) is 0 Å². The van der Waals surface area contributed by atoms with Gasteiger partial charge < -0.3 is 47.1 Å². The van der Waals surface area contributed by atoms with Crippen LogP contribution >= 0.6 is 0 Å². The van der Waals surface area contributed by atoms with Crippen molar-refractivity contribution in [3.63, 3.8) is 0 Å². The Bertz CT molecular complexity index is 219. The standard InChI is InChI=1S/C2H8N2.4C2H4O2.3Na.2H2O.3H/c3-1-2-4;4*1-2(3)4;;;;;;;;/h1-4H2;4*1H3,(H,3,4);;;;2*1H2;;;/q;;;;;3*+1;;;3*-1. The Hall–Kier alpha value is 0.720. The molecule has 144 valence electrons. The van der Waals surface area contributed by atoms with E-state index in [2.05, 4.69) is 0 Å². The summed E-state index contributed by atoms with van der Waals surface area (Å²) in [5.41, 5.74) is 9.81. The first-order chi connectivity index (χ1) is 8.84. The molecule has 0 aliphatic heterocycles. The molecule has 0 unspecified atom stereocenters. The quantitative estimate of drug-likeness (QED) is 0.223. The first-order valence-corrected chi connectivity index (χ1v) is 5.03. The summed E-state index contributed by atoms with van der Waals surface area (Å²) in [5.74, 6) is -3.33. The second kappa shape index (κ2) is 64.2. The minimum Gasteiger partial charge on any atom is -1.00 e. The fourth-order valence-electron chi connectivity index (χ4n) is 0. The number of carbonyl (C=O) groups is 4. The van der Waals surface area contributed by atoms with E-state index in [1.807, 2.05) is 0 Å². The Morgan fingerprint density at radius 3 is 0.640 bits per heavy atom. The second-order valence-corrected chi connectivity index (χ2v) is 2.65. The molecular formula is C10H31N2Na3O10. The van der Waals surface area contributed by atoms with Gasteiger partial charge in [-0.25, -0.2) is 0 Å². The van der Waals surface area contributed by atoms with Gasteiger partial charge in [0.15, 0.2) is 0 Å². The molecule has 0 rings (SSSR count). The fourth-order valence-corrected chi connectivity index (χ4v) is 0. The van der Waals surface area contributed by atoms with E-state index in [0.717, 1.165) is 27.7 Å². The first kappa shape index (κ1) is 63.6. The molecule has 0 radical (unpaired) electrons. The Morgan fingerprint density at radius 1 is 0.600 bits per heavy atom. The van der Waals surface area contributed by atoms with E-state index < -0.39 is 23.9 Å². The van der Waals surface area contributed by atoms with Crippen molar-refractivity contribution < 1.29 is 144 Å². The van der Waals surface area contributed by atoms with Gasteiger partial charge >= 0.3 is 88.7 Å². The van der Waals surface area contributed by atoms with E-state index in [1.54, 1.807) is 0 Å². The number of nitrogens with two attached hydrogens (primary N) is 2. The molecule has 12 N–H and O–H groups in total. The molecule has 25 heavy (non-hydrogen) atoms. The topological polar surface area (TPSA) is 264 Å². The van der Waals surface area contributed by atoms with Crippen LogP contribution in [0.5, 0.6) is 0 Å². The average Bonchev–Trinajstić information content (AvgIpc) is 2.13. The molecule has 0 aliphatic rings. The van der Waals surface area contributed by atoms with Crippen molar-refractivity contribution in [1.82, 2.24) is 0 Å². The summed E-state index contributed by atoms with van der Waals surface area (Å²) in [6.45, 7) is 5.53. The van der Waals surface area contributed by atoms with Gasteiger partial charge in [-0.3, -0.25) is 19.2 Å². The summed E-state index contributed by atoms with van der Waals surface area (Å²) in [6.07, 6.45) is 0. The summed E-state index contributed by atoms with van der Waals surface area (Å²) < 4.78 is 0. The maximum absolute atomic E-state index is 9.00. The van der Waals surface area contributed by atoms with Crippen LogP contribution in [0.15, 0.2) is 0 Å². The minimum atomic E-state index is -0.833. The summed E-state index contributed by atoms with van der Waals surface area (Å²) in [6, 6.07) is 0. The van der Waals surface area contributed by atoms with Gasteiger partial charge in [0, 0.05) is 40.8 Å². The van der Waals surface area contributed by atoms with Crippen molar-refractivity contribution in [2.24, 2.45) is 11.5 Å². The van der Waals surface area contributed by atoms with Crippen molar-refractivity contribution >= 4 is 23.9 Å². The zero-order valence-corrected chi connectivity index (χ0v) is 22.0. The SMILES string of the molecule is CC(=O)O.CC(=O)O.CC(=O)O.CC(=O)O.NCCN.O.O.[H-].[H-].[H-].[Na+].[Na+].[Na+]. The van der Waals surface area contributed by atoms with Crippen LogP contribution in [0.25, 0.3) is 0 Å². The van der Waals surface area contributed by atoms with Crippen molar-refractivity contribution in [1.29, 1.82) is 0 Å². The van der Waals surface area contributed by atoms with Gasteiger partial charge in [0.05, 0.1) is 0 Å². The van der Waals surface area contributed by atoms with Crippen LogP contribution in [-0.2, 0) is 19.2 Å². The molecule has 0 atom stereocenters. The zero-order valence-electron chi connectivity index (χ0n) is 19.0. The normalized spacial score (nSPS) is 5.20. The van der Waals surface area contributed by atoms with Gasteiger partial charge in [-0.15, -0.1) is 0 Å². The van der Waals surface area contributed by atoms with Crippen LogP contribution < -0.4 is 100 Å². The number of hydrogen-bond donors (Lipinski definition) is 6. The smallest absolute Gasteiger partial charge is 1.00 e. The van der Waals surface area contributed by atoms with E-state index in [4.69, 9.17) is 51.1 Å². The van der Waals surface area contributed by atoms with Crippen molar-refractivity contribution in [3.05, 3.63) is 0 Å².